The highest BCUT2D eigenvalue weighted by Gasteiger charge is 2.17. The minimum atomic E-state index is -0.761. The smallest absolute Gasteiger partial charge is 0.230 e. The van der Waals surface area contributed by atoms with Crippen molar-refractivity contribution >= 4 is 33.7 Å². The van der Waals surface area contributed by atoms with E-state index in [9.17, 15) is 18.7 Å². The van der Waals surface area contributed by atoms with Gasteiger partial charge in [-0.3, -0.25) is 4.79 Å². The third-order valence-electron chi connectivity index (χ3n) is 3.34. The monoisotopic (exact) mass is 381 g/mol. The number of carbonyl (C=O) groups is 1. The van der Waals surface area contributed by atoms with E-state index in [0.29, 0.717) is 16.5 Å². The van der Waals surface area contributed by atoms with Gasteiger partial charge in [0.25, 0.3) is 0 Å². The lowest BCUT2D eigenvalue weighted by Gasteiger charge is -2.04. The highest BCUT2D eigenvalue weighted by molar-refractivity contribution is 7.16. The van der Waals surface area contributed by atoms with Crippen molar-refractivity contribution in [2.75, 3.05) is 5.32 Å². The van der Waals surface area contributed by atoms with Gasteiger partial charge in [0.1, 0.15) is 11.6 Å². The minimum absolute atomic E-state index is 0.203. The Balaban J connectivity index is 1.74. The number of hydrogen-bond donors (Lipinski definition) is 2. The molecular weight excluding hydrogens is 368 g/mol. The van der Waals surface area contributed by atoms with Gasteiger partial charge in [-0.15, -0.1) is 22.7 Å². The van der Waals surface area contributed by atoms with Gasteiger partial charge < -0.3 is 10.4 Å². The topological polar surface area (TPSA) is 75.1 Å². The number of halogens is 2. The SMILES string of the molecule is Cc1nc(CO)c(-c2csc(NC(=O)Cc3c(F)cccc3F)n2)s1. The Morgan fingerprint density at radius 1 is 1.28 bits per heavy atom. The molecule has 0 bridgehead atoms. The number of anilines is 1. The number of thiazole rings is 2. The zero-order valence-corrected chi connectivity index (χ0v) is 14.7. The van der Waals surface area contributed by atoms with E-state index in [2.05, 4.69) is 15.3 Å². The van der Waals surface area contributed by atoms with E-state index in [1.165, 1.54) is 28.7 Å². The number of nitrogens with one attached hydrogen (secondary N) is 1. The first-order valence-electron chi connectivity index (χ1n) is 7.23. The Labute approximate surface area is 150 Å². The molecule has 130 valence electrons. The Morgan fingerprint density at radius 2 is 2.00 bits per heavy atom. The number of rotatable bonds is 5. The molecule has 2 heterocycles. The molecular formula is C16H13F2N3O2S2. The molecule has 1 amide bonds. The van der Waals surface area contributed by atoms with E-state index in [1.54, 1.807) is 5.38 Å². The van der Waals surface area contributed by atoms with Crippen LogP contribution in [0.25, 0.3) is 10.6 Å². The van der Waals surface area contributed by atoms with Crippen LogP contribution in [-0.2, 0) is 17.8 Å². The average molecular weight is 381 g/mol. The van der Waals surface area contributed by atoms with Gasteiger partial charge in [0.15, 0.2) is 5.13 Å². The largest absolute Gasteiger partial charge is 0.390 e. The third kappa shape index (κ3) is 3.89. The van der Waals surface area contributed by atoms with E-state index < -0.39 is 24.0 Å². The number of nitrogens with zero attached hydrogens (tertiary/aromatic N) is 2. The summed E-state index contributed by atoms with van der Waals surface area (Å²) in [6, 6.07) is 3.46. The number of hydrogen-bond acceptors (Lipinski definition) is 6. The molecule has 0 aliphatic rings. The summed E-state index contributed by atoms with van der Waals surface area (Å²) < 4.78 is 27.2. The van der Waals surface area contributed by atoms with Gasteiger partial charge in [0, 0.05) is 10.9 Å². The first-order valence-corrected chi connectivity index (χ1v) is 8.93. The maximum atomic E-state index is 13.6. The maximum Gasteiger partial charge on any atom is 0.230 e. The third-order valence-corrected chi connectivity index (χ3v) is 5.13. The summed E-state index contributed by atoms with van der Waals surface area (Å²) in [6.45, 7) is 1.62. The average Bonchev–Trinajstić information content (AvgIpc) is 3.17. The van der Waals surface area contributed by atoms with Crippen molar-refractivity contribution in [1.82, 2.24) is 9.97 Å². The second-order valence-electron chi connectivity index (χ2n) is 5.13. The molecule has 0 unspecified atom stereocenters. The standard InChI is InChI=1S/C16H13F2N3O2S2/c1-8-19-12(6-22)15(25-8)13-7-24-16(20-13)21-14(23)5-9-10(17)3-2-4-11(9)18/h2-4,7,22H,5-6H2,1H3,(H,20,21,23). The molecule has 5 nitrogen and oxygen atoms in total. The van der Waals surface area contributed by atoms with Gasteiger partial charge in [-0.25, -0.2) is 18.7 Å². The fraction of sp³-hybridized carbons (Fsp3) is 0.188. The number of amides is 1. The highest BCUT2D eigenvalue weighted by atomic mass is 32.1. The van der Waals surface area contributed by atoms with Gasteiger partial charge in [-0.2, -0.15) is 0 Å². The lowest BCUT2D eigenvalue weighted by Crippen LogP contribution is -2.16. The van der Waals surface area contributed by atoms with Crippen molar-refractivity contribution < 1.29 is 18.7 Å². The molecule has 3 aromatic rings. The van der Waals surface area contributed by atoms with Gasteiger partial charge >= 0.3 is 0 Å². The van der Waals surface area contributed by atoms with Crippen LogP contribution >= 0.6 is 22.7 Å². The summed E-state index contributed by atoms with van der Waals surface area (Å²) in [7, 11) is 0. The zero-order chi connectivity index (χ0) is 18.0. The zero-order valence-electron chi connectivity index (χ0n) is 13.0. The molecule has 0 atom stereocenters. The molecule has 0 radical (unpaired) electrons. The summed E-state index contributed by atoms with van der Waals surface area (Å²) in [4.78, 5) is 21.3. The molecule has 0 spiro atoms. The Morgan fingerprint density at radius 3 is 2.68 bits per heavy atom. The van der Waals surface area contributed by atoms with Crippen LogP contribution in [0.4, 0.5) is 13.9 Å². The summed E-state index contributed by atoms with van der Waals surface area (Å²) in [5.41, 5.74) is 0.837. The van der Waals surface area contributed by atoms with Crippen molar-refractivity contribution in [1.29, 1.82) is 0 Å². The summed E-state index contributed by atoms with van der Waals surface area (Å²) in [6.07, 6.45) is -0.422. The predicted octanol–water partition coefficient (Wildman–Crippen LogP) is 3.53. The molecule has 0 aliphatic carbocycles. The summed E-state index contributed by atoms with van der Waals surface area (Å²) in [5.74, 6) is -2.09. The molecule has 0 saturated carbocycles. The van der Waals surface area contributed by atoms with Crippen LogP contribution in [0.15, 0.2) is 23.6 Å². The minimum Gasteiger partial charge on any atom is -0.390 e. The van der Waals surface area contributed by atoms with Crippen LogP contribution in [0, 0.1) is 18.6 Å². The Kier molecular flexibility index (Phi) is 5.16. The van der Waals surface area contributed by atoms with E-state index in [1.807, 2.05) is 6.92 Å². The number of carbonyl (C=O) groups excluding carboxylic acids is 1. The van der Waals surface area contributed by atoms with Gasteiger partial charge in [0.2, 0.25) is 5.91 Å². The predicted molar refractivity (Wildman–Crippen MR) is 92.6 cm³/mol. The molecule has 3 rings (SSSR count). The van der Waals surface area contributed by atoms with Crippen LogP contribution in [-0.4, -0.2) is 21.0 Å². The molecule has 2 aromatic heterocycles. The van der Waals surface area contributed by atoms with Gasteiger partial charge in [-0.05, 0) is 19.1 Å². The van der Waals surface area contributed by atoms with Gasteiger partial charge in [0.05, 0.1) is 34.3 Å². The number of aliphatic hydroxyl groups excluding tert-OH is 1. The number of aryl methyl sites for hydroxylation is 1. The van der Waals surface area contributed by atoms with Crippen LogP contribution in [0.3, 0.4) is 0 Å². The Bertz CT molecular complexity index is 904. The normalized spacial score (nSPS) is 10.9. The quantitative estimate of drug-likeness (QED) is 0.709. The van der Waals surface area contributed by atoms with Crippen molar-refractivity contribution in [2.45, 2.75) is 20.0 Å². The number of aliphatic hydroxyl groups is 1. The molecule has 9 heteroatoms. The van der Waals surface area contributed by atoms with Crippen molar-refractivity contribution in [3.8, 4) is 10.6 Å². The van der Waals surface area contributed by atoms with Crippen LogP contribution < -0.4 is 5.32 Å². The van der Waals surface area contributed by atoms with E-state index in [4.69, 9.17) is 0 Å². The lowest BCUT2D eigenvalue weighted by molar-refractivity contribution is -0.115. The second-order valence-corrected chi connectivity index (χ2v) is 7.19. The molecule has 0 fully saturated rings. The molecule has 1 aromatic carbocycles. The summed E-state index contributed by atoms with van der Waals surface area (Å²) in [5, 5.41) is 14.7. The van der Waals surface area contributed by atoms with Crippen LogP contribution in [0.5, 0.6) is 0 Å². The molecule has 0 saturated heterocycles. The fourth-order valence-electron chi connectivity index (χ4n) is 2.24. The molecule has 0 aliphatic heterocycles. The van der Waals surface area contributed by atoms with E-state index in [0.717, 1.165) is 22.0 Å². The maximum absolute atomic E-state index is 13.6. The summed E-state index contributed by atoms with van der Waals surface area (Å²) >= 11 is 2.58. The van der Waals surface area contributed by atoms with Crippen LogP contribution in [0.1, 0.15) is 16.3 Å². The first kappa shape index (κ1) is 17.6. The van der Waals surface area contributed by atoms with Gasteiger partial charge in [-0.1, -0.05) is 6.07 Å². The fourth-order valence-corrected chi connectivity index (χ4v) is 3.92. The van der Waals surface area contributed by atoms with Crippen LogP contribution in [0.2, 0.25) is 0 Å². The van der Waals surface area contributed by atoms with E-state index >= 15 is 0 Å². The Hall–Kier alpha value is -2.23. The first-order chi connectivity index (χ1) is 12.0. The van der Waals surface area contributed by atoms with Crippen molar-refractivity contribution in [2.24, 2.45) is 0 Å². The number of benzene rings is 1. The second kappa shape index (κ2) is 7.34. The molecule has 25 heavy (non-hydrogen) atoms. The molecule has 2 N–H and O–H groups in total. The number of aromatic nitrogens is 2. The van der Waals surface area contributed by atoms with Crippen molar-refractivity contribution in [3.63, 3.8) is 0 Å². The lowest BCUT2D eigenvalue weighted by atomic mass is 10.1. The van der Waals surface area contributed by atoms with E-state index in [-0.39, 0.29) is 12.2 Å². The van der Waals surface area contributed by atoms with Crippen molar-refractivity contribution in [3.05, 3.63) is 51.5 Å². The highest BCUT2D eigenvalue weighted by Crippen LogP contribution is 2.32.